The van der Waals surface area contributed by atoms with Gasteiger partial charge in [0.2, 0.25) is 5.75 Å². The highest BCUT2D eigenvalue weighted by molar-refractivity contribution is 5.95. The Kier molecular flexibility index (Phi) is 7.26. The number of amides is 2. The second-order valence-corrected chi connectivity index (χ2v) is 5.59. The number of nitrogens with zero attached hydrogens (tertiary/aromatic N) is 3. The lowest BCUT2D eigenvalue weighted by Crippen LogP contribution is -2.43. The van der Waals surface area contributed by atoms with Gasteiger partial charge < -0.3 is 19.8 Å². The minimum absolute atomic E-state index is 0.138. The highest BCUT2D eigenvalue weighted by Crippen LogP contribution is 2.22. The lowest BCUT2D eigenvalue weighted by Gasteiger charge is -2.21. The zero-order valence-corrected chi connectivity index (χ0v) is 15.5. The lowest BCUT2D eigenvalue weighted by atomic mass is 10.2. The molecule has 0 aliphatic heterocycles. The van der Waals surface area contributed by atoms with Crippen LogP contribution in [0.1, 0.15) is 24.2 Å². The van der Waals surface area contributed by atoms with E-state index >= 15 is 0 Å². The predicted molar refractivity (Wildman–Crippen MR) is 102 cm³/mol. The summed E-state index contributed by atoms with van der Waals surface area (Å²) < 4.78 is 5.09. The second kappa shape index (κ2) is 9.86. The summed E-state index contributed by atoms with van der Waals surface area (Å²) in [6.07, 6.45) is 1.25. The van der Waals surface area contributed by atoms with Gasteiger partial charge in [-0.15, -0.1) is 0 Å². The van der Waals surface area contributed by atoms with Crippen LogP contribution >= 0.6 is 0 Å². The van der Waals surface area contributed by atoms with Gasteiger partial charge in [-0.3, -0.25) is 20.4 Å². The SMILES string of the molecule is CCN(CC)c1ccc(C(=O)NNC(=O)COc2cccnc2[N+](=O)[O-])cc1. The number of ether oxygens (including phenoxy) is 1. The van der Waals surface area contributed by atoms with E-state index in [1.807, 2.05) is 26.0 Å². The van der Waals surface area contributed by atoms with Gasteiger partial charge in [-0.25, -0.2) is 0 Å². The first-order chi connectivity index (χ1) is 13.5. The third-order valence-corrected chi connectivity index (χ3v) is 3.86. The number of hydrogen-bond acceptors (Lipinski definition) is 7. The minimum atomic E-state index is -0.711. The van der Waals surface area contributed by atoms with Gasteiger partial charge in [0.05, 0.1) is 0 Å². The monoisotopic (exact) mass is 387 g/mol. The smallest absolute Gasteiger partial charge is 0.406 e. The number of anilines is 1. The predicted octanol–water partition coefficient (Wildman–Crippen LogP) is 1.68. The molecule has 1 aromatic carbocycles. The zero-order valence-electron chi connectivity index (χ0n) is 15.5. The van der Waals surface area contributed by atoms with Crippen LogP contribution in [-0.4, -0.2) is 41.4 Å². The molecular formula is C18H21N5O5. The Morgan fingerprint density at radius 1 is 1.14 bits per heavy atom. The summed E-state index contributed by atoms with van der Waals surface area (Å²) in [4.78, 5) is 39.8. The highest BCUT2D eigenvalue weighted by atomic mass is 16.6. The molecule has 0 saturated carbocycles. The number of aromatic nitrogens is 1. The molecule has 0 bridgehead atoms. The minimum Gasteiger partial charge on any atom is -0.476 e. The summed E-state index contributed by atoms with van der Waals surface area (Å²) in [6.45, 7) is 5.28. The molecule has 28 heavy (non-hydrogen) atoms. The van der Waals surface area contributed by atoms with Crippen LogP contribution in [0.15, 0.2) is 42.6 Å². The number of hydrazine groups is 1. The van der Waals surface area contributed by atoms with Gasteiger partial charge in [0.1, 0.15) is 6.20 Å². The maximum Gasteiger partial charge on any atom is 0.406 e. The molecule has 0 fully saturated rings. The van der Waals surface area contributed by atoms with Crippen molar-refractivity contribution in [3.63, 3.8) is 0 Å². The summed E-state index contributed by atoms with van der Waals surface area (Å²) >= 11 is 0. The maximum absolute atomic E-state index is 12.1. The summed E-state index contributed by atoms with van der Waals surface area (Å²) in [5.41, 5.74) is 5.84. The molecule has 2 amide bonds. The van der Waals surface area contributed by atoms with Crippen molar-refractivity contribution in [2.24, 2.45) is 0 Å². The number of pyridine rings is 1. The fourth-order valence-electron chi connectivity index (χ4n) is 2.42. The Morgan fingerprint density at radius 3 is 2.43 bits per heavy atom. The number of hydrogen-bond donors (Lipinski definition) is 2. The van der Waals surface area contributed by atoms with Gasteiger partial charge >= 0.3 is 5.82 Å². The molecule has 0 saturated heterocycles. The number of nitrogens with one attached hydrogen (secondary N) is 2. The molecule has 0 aliphatic carbocycles. The van der Waals surface area contributed by atoms with E-state index in [-0.39, 0.29) is 5.75 Å². The maximum atomic E-state index is 12.1. The van der Waals surface area contributed by atoms with Crippen LogP contribution in [0.25, 0.3) is 0 Å². The highest BCUT2D eigenvalue weighted by Gasteiger charge is 2.17. The lowest BCUT2D eigenvalue weighted by molar-refractivity contribution is -0.390. The Hall–Kier alpha value is -3.69. The molecule has 1 heterocycles. The first-order valence-corrected chi connectivity index (χ1v) is 8.62. The van der Waals surface area contributed by atoms with Crippen molar-refractivity contribution < 1.29 is 19.2 Å². The van der Waals surface area contributed by atoms with Crippen molar-refractivity contribution in [1.29, 1.82) is 0 Å². The van der Waals surface area contributed by atoms with Gasteiger partial charge in [0.15, 0.2) is 6.61 Å². The first kappa shape index (κ1) is 20.6. The molecule has 0 unspecified atom stereocenters. The first-order valence-electron chi connectivity index (χ1n) is 8.62. The summed E-state index contributed by atoms with van der Waals surface area (Å²) in [5.74, 6) is -1.80. The van der Waals surface area contributed by atoms with E-state index in [4.69, 9.17) is 4.74 Å². The molecule has 2 aromatic rings. The van der Waals surface area contributed by atoms with Gasteiger partial charge in [0.25, 0.3) is 11.8 Å². The standard InChI is InChI=1S/C18H21N5O5/c1-3-22(4-2)14-9-7-13(8-10-14)18(25)21-20-16(24)12-28-15-6-5-11-19-17(15)23(26)27/h5-11H,3-4,12H2,1-2H3,(H,20,24)(H,21,25). The summed E-state index contributed by atoms with van der Waals surface area (Å²) in [7, 11) is 0. The Balaban J connectivity index is 1.86. The molecule has 1 aromatic heterocycles. The third-order valence-electron chi connectivity index (χ3n) is 3.86. The van der Waals surface area contributed by atoms with Gasteiger partial charge in [-0.2, -0.15) is 0 Å². The van der Waals surface area contributed by atoms with E-state index < -0.39 is 29.2 Å². The van der Waals surface area contributed by atoms with Crippen LogP contribution in [0.5, 0.6) is 5.75 Å². The molecule has 10 nitrogen and oxygen atoms in total. The molecule has 0 radical (unpaired) electrons. The number of benzene rings is 1. The van der Waals surface area contributed by atoms with E-state index in [0.29, 0.717) is 5.56 Å². The largest absolute Gasteiger partial charge is 0.476 e. The van der Waals surface area contributed by atoms with Crippen molar-refractivity contribution in [2.75, 3.05) is 24.6 Å². The molecule has 0 spiro atoms. The fourth-order valence-corrected chi connectivity index (χ4v) is 2.42. The quantitative estimate of drug-likeness (QED) is 0.521. The molecule has 0 atom stereocenters. The van der Waals surface area contributed by atoms with Crippen LogP contribution in [-0.2, 0) is 4.79 Å². The van der Waals surface area contributed by atoms with Crippen LogP contribution in [0, 0.1) is 10.1 Å². The number of carbonyl (C=O) groups excluding carboxylic acids is 2. The van der Waals surface area contributed by atoms with E-state index in [1.54, 1.807) is 12.1 Å². The van der Waals surface area contributed by atoms with Crippen LogP contribution in [0.2, 0.25) is 0 Å². The molecule has 2 N–H and O–H groups in total. The van der Waals surface area contributed by atoms with Gasteiger partial charge in [0, 0.05) is 24.3 Å². The van der Waals surface area contributed by atoms with Gasteiger partial charge in [-0.1, -0.05) is 0 Å². The molecule has 148 valence electrons. The molecule has 10 heteroatoms. The molecule has 0 aliphatic rings. The molecular weight excluding hydrogens is 366 g/mol. The number of rotatable bonds is 8. The van der Waals surface area contributed by atoms with E-state index in [0.717, 1.165) is 18.8 Å². The normalized spacial score (nSPS) is 10.1. The summed E-state index contributed by atoms with van der Waals surface area (Å²) in [6, 6.07) is 9.75. The average Bonchev–Trinajstić information content (AvgIpc) is 2.72. The van der Waals surface area contributed by atoms with Crippen molar-refractivity contribution in [1.82, 2.24) is 15.8 Å². The zero-order chi connectivity index (χ0) is 20.5. The molecule has 2 rings (SSSR count). The Morgan fingerprint density at radius 2 is 1.82 bits per heavy atom. The van der Waals surface area contributed by atoms with Crippen molar-refractivity contribution in [3.05, 3.63) is 58.3 Å². The van der Waals surface area contributed by atoms with E-state index in [1.165, 1.54) is 18.3 Å². The van der Waals surface area contributed by atoms with Crippen molar-refractivity contribution in [2.45, 2.75) is 13.8 Å². The average molecular weight is 387 g/mol. The fraction of sp³-hybridized carbons (Fsp3) is 0.278. The Bertz CT molecular complexity index is 837. The van der Waals surface area contributed by atoms with Crippen LogP contribution in [0.4, 0.5) is 11.5 Å². The Labute approximate surface area is 161 Å². The number of carbonyl (C=O) groups is 2. The van der Waals surface area contributed by atoms with E-state index in [2.05, 4.69) is 20.7 Å². The van der Waals surface area contributed by atoms with Gasteiger partial charge in [-0.05, 0) is 60.2 Å². The topological polar surface area (TPSA) is 127 Å². The van der Waals surface area contributed by atoms with Crippen LogP contribution < -0.4 is 20.5 Å². The van der Waals surface area contributed by atoms with Crippen molar-refractivity contribution in [3.8, 4) is 5.75 Å². The van der Waals surface area contributed by atoms with Crippen LogP contribution in [0.3, 0.4) is 0 Å². The summed E-state index contributed by atoms with van der Waals surface area (Å²) in [5, 5.41) is 10.8. The van der Waals surface area contributed by atoms with Crippen molar-refractivity contribution >= 4 is 23.3 Å². The number of nitro groups is 1. The third kappa shape index (κ3) is 5.40. The van der Waals surface area contributed by atoms with E-state index in [9.17, 15) is 19.7 Å². The second-order valence-electron chi connectivity index (χ2n) is 5.59.